The minimum atomic E-state index is -0.182. The number of thiocarbonyl (C=S) groups is 1. The second-order valence-corrected chi connectivity index (χ2v) is 6.98. The van der Waals surface area contributed by atoms with Crippen molar-refractivity contribution >= 4 is 46.0 Å². The second kappa shape index (κ2) is 7.80. The van der Waals surface area contributed by atoms with Crippen LogP contribution in [-0.4, -0.2) is 31.6 Å². The van der Waals surface area contributed by atoms with Gasteiger partial charge in [-0.15, -0.1) is 0 Å². The number of para-hydroxylation sites is 1. The number of hydrogen-bond acceptors (Lipinski definition) is 6. The highest BCUT2D eigenvalue weighted by molar-refractivity contribution is 8.27. The number of anilines is 1. The molecule has 2 aromatic rings. The fourth-order valence-electron chi connectivity index (χ4n) is 2.61. The minimum absolute atomic E-state index is 0.182. The van der Waals surface area contributed by atoms with Gasteiger partial charge in [0.25, 0.3) is 5.91 Å². The fraction of sp³-hybridized carbons (Fsp3) is 0.158. The number of methoxy groups -OCH3 is 3. The van der Waals surface area contributed by atoms with E-state index in [1.807, 2.05) is 30.3 Å². The molecule has 1 amide bonds. The van der Waals surface area contributed by atoms with Crippen LogP contribution in [0.25, 0.3) is 6.08 Å². The van der Waals surface area contributed by atoms with Crippen molar-refractivity contribution in [2.45, 2.75) is 0 Å². The zero-order valence-electron chi connectivity index (χ0n) is 14.5. The van der Waals surface area contributed by atoms with Gasteiger partial charge >= 0.3 is 0 Å². The smallest absolute Gasteiger partial charge is 0.270 e. The molecule has 0 N–H and O–H groups in total. The first-order chi connectivity index (χ1) is 12.6. The van der Waals surface area contributed by atoms with Crippen LogP contribution in [0.1, 0.15) is 5.56 Å². The first kappa shape index (κ1) is 18.3. The van der Waals surface area contributed by atoms with E-state index < -0.39 is 0 Å². The highest BCUT2D eigenvalue weighted by Crippen LogP contribution is 2.39. The molecule has 0 radical (unpaired) electrons. The molecule has 0 bridgehead atoms. The summed E-state index contributed by atoms with van der Waals surface area (Å²) < 4.78 is 16.4. The molecule has 1 saturated heterocycles. The van der Waals surface area contributed by atoms with Gasteiger partial charge in [-0.05, 0) is 24.3 Å². The van der Waals surface area contributed by atoms with Crippen LogP contribution in [0.15, 0.2) is 47.4 Å². The summed E-state index contributed by atoms with van der Waals surface area (Å²) in [5, 5.41) is 0. The lowest BCUT2D eigenvalue weighted by molar-refractivity contribution is -0.113. The predicted molar refractivity (Wildman–Crippen MR) is 108 cm³/mol. The maximum absolute atomic E-state index is 12.9. The summed E-state index contributed by atoms with van der Waals surface area (Å²) in [7, 11) is 4.72. The van der Waals surface area contributed by atoms with Crippen LogP contribution in [0.4, 0.5) is 5.69 Å². The SMILES string of the molecule is COc1cccc(N2C(=O)/C(=C/c3cccc(OC)c3OC)SC2=S)c1. The maximum atomic E-state index is 12.9. The number of nitrogens with zero attached hydrogens (tertiary/aromatic N) is 1. The molecule has 1 aliphatic rings. The van der Waals surface area contributed by atoms with E-state index in [1.54, 1.807) is 39.5 Å². The Hall–Kier alpha value is -2.51. The molecule has 26 heavy (non-hydrogen) atoms. The van der Waals surface area contributed by atoms with E-state index in [2.05, 4.69) is 0 Å². The summed E-state index contributed by atoms with van der Waals surface area (Å²) in [6.07, 6.45) is 1.76. The Kier molecular flexibility index (Phi) is 5.49. The number of carbonyl (C=O) groups excluding carboxylic acids is 1. The fourth-order valence-corrected chi connectivity index (χ4v) is 3.90. The molecular formula is C19H17NO4S2. The van der Waals surface area contributed by atoms with E-state index in [-0.39, 0.29) is 5.91 Å². The number of carbonyl (C=O) groups is 1. The van der Waals surface area contributed by atoms with Crippen molar-refractivity contribution in [3.05, 3.63) is 52.9 Å². The highest BCUT2D eigenvalue weighted by Gasteiger charge is 2.33. The molecule has 0 saturated carbocycles. The standard InChI is InChI=1S/C19H17NO4S2/c1-22-14-8-5-7-13(11-14)20-18(21)16(26-19(20)25)10-12-6-4-9-15(23-2)17(12)24-3/h4-11H,1-3H3/b16-10-. The first-order valence-corrected chi connectivity index (χ1v) is 8.94. The molecule has 134 valence electrons. The van der Waals surface area contributed by atoms with E-state index in [4.69, 9.17) is 26.4 Å². The van der Waals surface area contributed by atoms with Crippen molar-refractivity contribution in [1.29, 1.82) is 0 Å². The van der Waals surface area contributed by atoms with Crippen LogP contribution in [-0.2, 0) is 4.79 Å². The summed E-state index contributed by atoms with van der Waals surface area (Å²) in [4.78, 5) is 14.9. The van der Waals surface area contributed by atoms with Crippen molar-refractivity contribution in [2.75, 3.05) is 26.2 Å². The molecule has 1 fully saturated rings. The van der Waals surface area contributed by atoms with Crippen molar-refractivity contribution < 1.29 is 19.0 Å². The Morgan fingerprint density at radius 3 is 2.50 bits per heavy atom. The zero-order valence-corrected chi connectivity index (χ0v) is 16.1. The Bertz CT molecular complexity index is 895. The highest BCUT2D eigenvalue weighted by atomic mass is 32.2. The Balaban J connectivity index is 1.98. The number of amides is 1. The molecule has 2 aromatic carbocycles. The normalized spacial score (nSPS) is 15.5. The molecule has 1 aliphatic heterocycles. The molecule has 0 aromatic heterocycles. The van der Waals surface area contributed by atoms with Gasteiger partial charge in [0.2, 0.25) is 0 Å². The van der Waals surface area contributed by atoms with Gasteiger partial charge in [0.05, 0.1) is 31.9 Å². The number of thioether (sulfide) groups is 1. The maximum Gasteiger partial charge on any atom is 0.270 e. The Morgan fingerprint density at radius 2 is 1.81 bits per heavy atom. The van der Waals surface area contributed by atoms with Crippen molar-refractivity contribution in [2.24, 2.45) is 0 Å². The molecule has 7 heteroatoms. The van der Waals surface area contributed by atoms with E-state index in [1.165, 1.54) is 16.7 Å². The molecule has 0 spiro atoms. The average molecular weight is 387 g/mol. The topological polar surface area (TPSA) is 48.0 Å². The average Bonchev–Trinajstić information content (AvgIpc) is 2.94. The zero-order chi connectivity index (χ0) is 18.7. The van der Waals surface area contributed by atoms with Crippen LogP contribution in [0.3, 0.4) is 0 Å². The van der Waals surface area contributed by atoms with Crippen LogP contribution < -0.4 is 19.1 Å². The first-order valence-electron chi connectivity index (χ1n) is 7.72. The summed E-state index contributed by atoms with van der Waals surface area (Å²) >= 11 is 6.66. The van der Waals surface area contributed by atoms with Crippen LogP contribution in [0, 0.1) is 0 Å². The summed E-state index contributed by atoms with van der Waals surface area (Å²) in [5.74, 6) is 1.65. The number of rotatable bonds is 5. The number of ether oxygens (including phenoxy) is 3. The van der Waals surface area contributed by atoms with Gasteiger partial charge < -0.3 is 14.2 Å². The third-order valence-corrected chi connectivity index (χ3v) is 5.13. The van der Waals surface area contributed by atoms with E-state index in [9.17, 15) is 4.79 Å². The number of hydrogen-bond donors (Lipinski definition) is 0. The van der Waals surface area contributed by atoms with Gasteiger partial charge in [0.1, 0.15) is 5.75 Å². The molecule has 0 unspecified atom stereocenters. The molecular weight excluding hydrogens is 370 g/mol. The summed E-state index contributed by atoms with van der Waals surface area (Å²) in [5.41, 5.74) is 1.42. The van der Waals surface area contributed by atoms with E-state index in [0.717, 1.165) is 5.56 Å². The van der Waals surface area contributed by atoms with Gasteiger partial charge in [-0.1, -0.05) is 42.2 Å². The van der Waals surface area contributed by atoms with E-state index >= 15 is 0 Å². The van der Waals surface area contributed by atoms with Gasteiger partial charge in [0, 0.05) is 11.6 Å². The van der Waals surface area contributed by atoms with Crippen LogP contribution >= 0.6 is 24.0 Å². The van der Waals surface area contributed by atoms with Gasteiger partial charge in [-0.2, -0.15) is 0 Å². The summed E-state index contributed by atoms with van der Waals surface area (Å²) in [6.45, 7) is 0. The van der Waals surface area contributed by atoms with Gasteiger partial charge in [0.15, 0.2) is 15.8 Å². The van der Waals surface area contributed by atoms with Gasteiger partial charge in [-0.3, -0.25) is 9.69 Å². The van der Waals surface area contributed by atoms with Crippen molar-refractivity contribution in [3.8, 4) is 17.2 Å². The van der Waals surface area contributed by atoms with Crippen molar-refractivity contribution in [1.82, 2.24) is 0 Å². The largest absolute Gasteiger partial charge is 0.497 e. The lowest BCUT2D eigenvalue weighted by Crippen LogP contribution is -2.27. The lowest BCUT2D eigenvalue weighted by atomic mass is 10.1. The minimum Gasteiger partial charge on any atom is -0.497 e. The summed E-state index contributed by atoms with van der Waals surface area (Å²) in [6, 6.07) is 12.7. The third kappa shape index (κ3) is 3.40. The quantitative estimate of drug-likeness (QED) is 0.568. The number of benzene rings is 2. The van der Waals surface area contributed by atoms with Crippen LogP contribution in [0.5, 0.6) is 17.2 Å². The lowest BCUT2D eigenvalue weighted by Gasteiger charge is -2.15. The Labute approximate surface area is 161 Å². The molecule has 5 nitrogen and oxygen atoms in total. The predicted octanol–water partition coefficient (Wildman–Crippen LogP) is 4.12. The van der Waals surface area contributed by atoms with Crippen LogP contribution in [0.2, 0.25) is 0 Å². The third-order valence-electron chi connectivity index (χ3n) is 3.83. The molecule has 0 atom stereocenters. The monoisotopic (exact) mass is 387 g/mol. The second-order valence-electron chi connectivity index (χ2n) is 5.30. The molecule has 1 heterocycles. The van der Waals surface area contributed by atoms with Crippen molar-refractivity contribution in [3.63, 3.8) is 0 Å². The van der Waals surface area contributed by atoms with E-state index in [0.29, 0.717) is 32.2 Å². The molecule has 3 rings (SSSR count). The Morgan fingerprint density at radius 1 is 1.04 bits per heavy atom. The molecule has 0 aliphatic carbocycles. The van der Waals surface area contributed by atoms with Gasteiger partial charge in [-0.25, -0.2) is 0 Å².